The molecule has 0 aliphatic carbocycles. The summed E-state index contributed by atoms with van der Waals surface area (Å²) >= 11 is 0. The first-order valence-corrected chi connectivity index (χ1v) is 39.3. The highest BCUT2D eigenvalue weighted by Crippen LogP contribution is 2.45. The maximum Gasteiger partial charge on any atom is 0.472 e. The Bertz CT molecular complexity index is 1750. The van der Waals surface area contributed by atoms with Crippen molar-refractivity contribution in [2.45, 2.75) is 369 Å². The molecule has 0 heterocycles. The average molecular weight is 1310 g/mol. The number of phosphoric acid groups is 2. The summed E-state index contributed by atoms with van der Waals surface area (Å²) in [4.78, 5) is 72.4. The standard InChI is InChI=1S/C70H136O17P2/c1-8-9-10-11-12-13-24-30-39-46-53-69(74)87-66(58-81-68(73)52-45-38-33-32-36-43-50-63(6)7)60-85-89(78,79)83-56-64(71)55-82-88(76,77)84-59-65(57-80-67(72)51-44-37-29-26-21-23-28-35-42-49-62(4)5)86-70(75)54-47-40-31-25-20-18-16-14-15-17-19-22-27-34-41-48-61(2)3/h61-66,71H,8-60H2,1-7H3,(H,76,77)(H,78,79)/t64-,65-,66-/m1/s1. The van der Waals surface area contributed by atoms with Crippen molar-refractivity contribution in [2.24, 2.45) is 17.8 Å². The first-order valence-electron chi connectivity index (χ1n) is 36.3. The van der Waals surface area contributed by atoms with E-state index in [9.17, 15) is 43.2 Å². The zero-order valence-electron chi connectivity index (χ0n) is 57.9. The Hall–Kier alpha value is -1.94. The number of unbranched alkanes of at least 4 members (excludes halogenated alkanes) is 36. The van der Waals surface area contributed by atoms with Gasteiger partial charge >= 0.3 is 39.5 Å². The van der Waals surface area contributed by atoms with Crippen molar-refractivity contribution in [3.63, 3.8) is 0 Å². The highest BCUT2D eigenvalue weighted by atomic mass is 31.2. The number of esters is 4. The van der Waals surface area contributed by atoms with Crippen molar-refractivity contribution in [2.75, 3.05) is 39.6 Å². The third-order valence-electron chi connectivity index (χ3n) is 16.1. The maximum atomic E-state index is 13.0. The average Bonchev–Trinajstić information content (AvgIpc) is 3.63. The van der Waals surface area contributed by atoms with Crippen LogP contribution in [-0.4, -0.2) is 96.7 Å². The molecule has 0 aromatic heterocycles. The molecule has 528 valence electrons. The maximum absolute atomic E-state index is 13.0. The van der Waals surface area contributed by atoms with Gasteiger partial charge in [-0.3, -0.25) is 37.3 Å². The molecule has 0 saturated heterocycles. The van der Waals surface area contributed by atoms with Gasteiger partial charge in [-0.1, -0.05) is 299 Å². The first kappa shape index (κ1) is 87.1. The minimum Gasteiger partial charge on any atom is -0.462 e. The Kier molecular flexibility index (Phi) is 59.6. The summed E-state index contributed by atoms with van der Waals surface area (Å²) in [5, 5.41) is 10.6. The van der Waals surface area contributed by atoms with E-state index < -0.39 is 97.5 Å². The summed E-state index contributed by atoms with van der Waals surface area (Å²) in [6, 6.07) is 0. The van der Waals surface area contributed by atoms with E-state index in [0.29, 0.717) is 31.6 Å². The van der Waals surface area contributed by atoms with Gasteiger partial charge in [0, 0.05) is 25.7 Å². The van der Waals surface area contributed by atoms with Gasteiger partial charge in [0.1, 0.15) is 19.3 Å². The molecule has 5 atom stereocenters. The van der Waals surface area contributed by atoms with Crippen molar-refractivity contribution in [1.29, 1.82) is 0 Å². The number of rotatable bonds is 68. The molecule has 2 unspecified atom stereocenters. The van der Waals surface area contributed by atoms with Crippen LogP contribution in [-0.2, 0) is 65.4 Å². The number of hydrogen-bond acceptors (Lipinski definition) is 15. The quantitative estimate of drug-likeness (QED) is 0.0222. The van der Waals surface area contributed by atoms with E-state index in [2.05, 4.69) is 48.5 Å². The lowest BCUT2D eigenvalue weighted by atomic mass is 10.0. The van der Waals surface area contributed by atoms with E-state index >= 15 is 0 Å². The zero-order valence-corrected chi connectivity index (χ0v) is 59.7. The number of carbonyl (C=O) groups excluding carboxylic acids is 4. The van der Waals surface area contributed by atoms with Crippen LogP contribution in [0.1, 0.15) is 350 Å². The van der Waals surface area contributed by atoms with Gasteiger partial charge in [0.05, 0.1) is 26.4 Å². The Balaban J connectivity index is 5.21. The second-order valence-electron chi connectivity index (χ2n) is 26.7. The molecule has 0 amide bonds. The number of hydrogen-bond donors (Lipinski definition) is 3. The fraction of sp³-hybridized carbons (Fsp3) is 0.943. The van der Waals surface area contributed by atoms with Crippen molar-refractivity contribution < 1.29 is 80.2 Å². The highest BCUT2D eigenvalue weighted by molar-refractivity contribution is 7.47. The number of aliphatic hydroxyl groups is 1. The van der Waals surface area contributed by atoms with E-state index in [1.165, 1.54) is 154 Å². The molecule has 0 rings (SSSR count). The molecule has 0 saturated carbocycles. The van der Waals surface area contributed by atoms with Crippen LogP contribution >= 0.6 is 15.6 Å². The molecule has 0 bridgehead atoms. The van der Waals surface area contributed by atoms with Crippen molar-refractivity contribution in [3.8, 4) is 0 Å². The van der Waals surface area contributed by atoms with Gasteiger partial charge in [-0.25, -0.2) is 9.13 Å². The Labute approximate surface area is 543 Å². The molecule has 0 aromatic rings. The van der Waals surface area contributed by atoms with E-state index in [1.54, 1.807) is 0 Å². The molecular formula is C70H136O17P2. The van der Waals surface area contributed by atoms with Gasteiger partial charge < -0.3 is 33.8 Å². The molecule has 0 aliphatic heterocycles. The van der Waals surface area contributed by atoms with Crippen LogP contribution in [0.4, 0.5) is 0 Å². The molecule has 19 heteroatoms. The lowest BCUT2D eigenvalue weighted by Gasteiger charge is -2.21. The van der Waals surface area contributed by atoms with Crippen LogP contribution in [0.25, 0.3) is 0 Å². The minimum atomic E-state index is -4.95. The van der Waals surface area contributed by atoms with Gasteiger partial charge in [-0.15, -0.1) is 0 Å². The molecule has 0 aliphatic rings. The van der Waals surface area contributed by atoms with E-state index in [1.807, 2.05) is 0 Å². The van der Waals surface area contributed by atoms with E-state index in [-0.39, 0.29) is 25.7 Å². The van der Waals surface area contributed by atoms with Crippen LogP contribution in [0.2, 0.25) is 0 Å². The molecule has 0 spiro atoms. The third-order valence-corrected chi connectivity index (χ3v) is 18.0. The zero-order chi connectivity index (χ0) is 65.9. The Morgan fingerprint density at radius 2 is 0.517 bits per heavy atom. The number of aliphatic hydroxyl groups excluding tert-OH is 1. The third kappa shape index (κ3) is 64.6. The molecule has 0 radical (unpaired) electrons. The van der Waals surface area contributed by atoms with Crippen LogP contribution in [0.5, 0.6) is 0 Å². The summed E-state index contributed by atoms with van der Waals surface area (Å²) in [5.41, 5.74) is 0. The monoisotopic (exact) mass is 1310 g/mol. The van der Waals surface area contributed by atoms with Gasteiger partial charge in [-0.05, 0) is 43.4 Å². The molecule has 17 nitrogen and oxygen atoms in total. The Morgan fingerprint density at radius 1 is 0.303 bits per heavy atom. The van der Waals surface area contributed by atoms with Gasteiger partial charge in [0.2, 0.25) is 0 Å². The fourth-order valence-electron chi connectivity index (χ4n) is 10.5. The van der Waals surface area contributed by atoms with Crippen molar-refractivity contribution in [3.05, 3.63) is 0 Å². The van der Waals surface area contributed by atoms with E-state index in [4.69, 9.17) is 37.0 Å². The molecule has 0 fully saturated rings. The van der Waals surface area contributed by atoms with Crippen LogP contribution in [0.3, 0.4) is 0 Å². The number of carbonyl (C=O) groups is 4. The summed E-state index contributed by atoms with van der Waals surface area (Å²) in [6.45, 7) is 11.8. The second kappa shape index (κ2) is 61.0. The predicted molar refractivity (Wildman–Crippen MR) is 358 cm³/mol. The highest BCUT2D eigenvalue weighted by Gasteiger charge is 2.30. The molecular weight excluding hydrogens is 1170 g/mol. The SMILES string of the molecule is CCCCCCCCCCCCC(=O)O[C@H](COC(=O)CCCCCCCCC(C)C)COP(=O)(O)OC[C@H](O)COP(=O)(O)OC[C@@H](COC(=O)CCCCCCCCCCCC(C)C)OC(=O)CCCCCCCCCCCCCCCCCC(C)C. The van der Waals surface area contributed by atoms with Gasteiger partial charge in [0.25, 0.3) is 0 Å². The number of phosphoric ester groups is 2. The fourth-order valence-corrected chi connectivity index (χ4v) is 12.1. The summed E-state index contributed by atoms with van der Waals surface area (Å²) in [7, 11) is -9.90. The first-order chi connectivity index (χ1) is 42.7. The minimum absolute atomic E-state index is 0.105. The normalized spacial score (nSPS) is 14.2. The summed E-state index contributed by atoms with van der Waals surface area (Å²) < 4.78 is 68.2. The topological polar surface area (TPSA) is 237 Å². The second-order valence-corrected chi connectivity index (χ2v) is 29.6. The lowest BCUT2D eigenvalue weighted by molar-refractivity contribution is -0.161. The summed E-state index contributed by atoms with van der Waals surface area (Å²) in [5.74, 6) is 0.0976. The summed E-state index contributed by atoms with van der Waals surface area (Å²) in [6.07, 6.45) is 44.6. The van der Waals surface area contributed by atoms with Crippen LogP contribution in [0, 0.1) is 17.8 Å². The van der Waals surface area contributed by atoms with Gasteiger partial charge in [-0.2, -0.15) is 0 Å². The molecule has 89 heavy (non-hydrogen) atoms. The van der Waals surface area contributed by atoms with Crippen molar-refractivity contribution >= 4 is 39.5 Å². The lowest BCUT2D eigenvalue weighted by Crippen LogP contribution is -2.30. The van der Waals surface area contributed by atoms with Gasteiger partial charge in [0.15, 0.2) is 12.2 Å². The van der Waals surface area contributed by atoms with E-state index in [0.717, 1.165) is 108 Å². The largest absolute Gasteiger partial charge is 0.472 e. The van der Waals surface area contributed by atoms with Crippen LogP contribution < -0.4 is 0 Å². The molecule has 3 N–H and O–H groups in total. The van der Waals surface area contributed by atoms with Crippen molar-refractivity contribution in [1.82, 2.24) is 0 Å². The Morgan fingerprint density at radius 3 is 0.764 bits per heavy atom. The smallest absolute Gasteiger partial charge is 0.462 e. The predicted octanol–water partition coefficient (Wildman–Crippen LogP) is 19.8. The molecule has 0 aromatic carbocycles. The number of ether oxygens (including phenoxy) is 4. The van der Waals surface area contributed by atoms with Crippen LogP contribution in [0.15, 0.2) is 0 Å².